The van der Waals surface area contributed by atoms with E-state index in [1.165, 1.54) is 19.3 Å². The first-order valence-corrected chi connectivity index (χ1v) is 10.1. The van der Waals surface area contributed by atoms with E-state index in [1.807, 2.05) is 6.07 Å². The summed E-state index contributed by atoms with van der Waals surface area (Å²) < 4.78 is 10.6. The van der Waals surface area contributed by atoms with Crippen LogP contribution in [0, 0.1) is 0 Å². The molecule has 0 aliphatic heterocycles. The maximum absolute atomic E-state index is 12.1. The van der Waals surface area contributed by atoms with Gasteiger partial charge in [0.25, 0.3) is 0 Å². The van der Waals surface area contributed by atoms with Gasteiger partial charge in [-0.1, -0.05) is 57.2 Å². The molecule has 1 aromatic heterocycles. The maximum atomic E-state index is 12.1. The minimum absolute atomic E-state index is 0.0873. The standard InChI is InChI=1S/C23H26N2O4/c1-2-3-4-5-6-7-15-21(26)28-18-12-10-11-17(16-18)24-23-25-20-14-9-8-13-19(20)22(27)29-23/h8-14,16H,2-7,15H2,1H3,(H,24,25). The SMILES string of the molecule is CCCCCCCCC(=O)Oc1cccc(Nc2nc3ccccc3c(=O)o2)c1. The summed E-state index contributed by atoms with van der Waals surface area (Å²) in [6.45, 7) is 2.18. The summed E-state index contributed by atoms with van der Waals surface area (Å²) in [6.07, 6.45) is 7.13. The monoisotopic (exact) mass is 394 g/mol. The number of nitrogens with zero attached hydrogens (tertiary/aromatic N) is 1. The van der Waals surface area contributed by atoms with Crippen LogP contribution < -0.4 is 15.7 Å². The zero-order valence-corrected chi connectivity index (χ0v) is 16.6. The number of fused-ring (bicyclic) bond motifs is 1. The maximum Gasteiger partial charge on any atom is 0.348 e. The Labute approximate surface area is 169 Å². The number of para-hydroxylation sites is 1. The molecule has 0 aliphatic carbocycles. The van der Waals surface area contributed by atoms with E-state index in [0.717, 1.165) is 19.3 Å². The van der Waals surface area contributed by atoms with Gasteiger partial charge in [-0.05, 0) is 30.7 Å². The van der Waals surface area contributed by atoms with Gasteiger partial charge in [0.2, 0.25) is 0 Å². The second-order valence-electron chi connectivity index (χ2n) is 6.97. The molecule has 0 saturated heterocycles. The predicted octanol–water partition coefficient (Wildman–Crippen LogP) is 5.59. The molecule has 6 heteroatoms. The Hall–Kier alpha value is -3.15. The number of aromatic nitrogens is 1. The molecule has 0 bridgehead atoms. The second-order valence-corrected chi connectivity index (χ2v) is 6.97. The van der Waals surface area contributed by atoms with Gasteiger partial charge in [-0.15, -0.1) is 0 Å². The number of esters is 1. The Morgan fingerprint density at radius 2 is 1.83 bits per heavy atom. The van der Waals surface area contributed by atoms with E-state index in [2.05, 4.69) is 17.2 Å². The molecular weight excluding hydrogens is 368 g/mol. The number of carbonyl (C=O) groups excluding carboxylic acids is 1. The number of hydrogen-bond acceptors (Lipinski definition) is 6. The molecule has 0 unspecified atom stereocenters. The highest BCUT2D eigenvalue weighted by atomic mass is 16.5. The molecule has 29 heavy (non-hydrogen) atoms. The molecule has 6 nitrogen and oxygen atoms in total. The highest BCUT2D eigenvalue weighted by Crippen LogP contribution is 2.22. The van der Waals surface area contributed by atoms with Crippen molar-refractivity contribution >= 4 is 28.6 Å². The van der Waals surface area contributed by atoms with E-state index in [4.69, 9.17) is 9.15 Å². The van der Waals surface area contributed by atoms with Crippen LogP contribution in [-0.2, 0) is 4.79 Å². The van der Waals surface area contributed by atoms with Gasteiger partial charge < -0.3 is 14.5 Å². The van der Waals surface area contributed by atoms with E-state index >= 15 is 0 Å². The molecule has 0 aliphatic rings. The van der Waals surface area contributed by atoms with Crippen molar-refractivity contribution in [2.75, 3.05) is 5.32 Å². The third-order valence-electron chi connectivity index (χ3n) is 4.59. The lowest BCUT2D eigenvalue weighted by molar-refractivity contribution is -0.134. The normalized spacial score (nSPS) is 10.8. The Kier molecular flexibility index (Phi) is 7.39. The van der Waals surface area contributed by atoms with Gasteiger partial charge in [0.1, 0.15) is 5.75 Å². The zero-order chi connectivity index (χ0) is 20.5. The highest BCUT2D eigenvalue weighted by molar-refractivity contribution is 5.78. The van der Waals surface area contributed by atoms with Crippen molar-refractivity contribution in [2.24, 2.45) is 0 Å². The summed E-state index contributed by atoms with van der Waals surface area (Å²) in [5.41, 5.74) is 0.702. The van der Waals surface area contributed by atoms with E-state index in [-0.39, 0.29) is 12.0 Å². The fourth-order valence-electron chi connectivity index (χ4n) is 3.07. The van der Waals surface area contributed by atoms with Gasteiger partial charge in [0.15, 0.2) is 0 Å². The van der Waals surface area contributed by atoms with Crippen molar-refractivity contribution in [2.45, 2.75) is 51.9 Å². The average molecular weight is 394 g/mol. The second kappa shape index (κ2) is 10.4. The molecule has 0 atom stereocenters. The van der Waals surface area contributed by atoms with E-state index in [0.29, 0.717) is 28.8 Å². The van der Waals surface area contributed by atoms with Crippen LogP contribution >= 0.6 is 0 Å². The number of carbonyl (C=O) groups is 1. The lowest BCUT2D eigenvalue weighted by Crippen LogP contribution is -2.08. The van der Waals surface area contributed by atoms with E-state index < -0.39 is 5.63 Å². The quantitative estimate of drug-likeness (QED) is 0.274. The lowest BCUT2D eigenvalue weighted by Gasteiger charge is -2.08. The topological polar surface area (TPSA) is 81.4 Å². The molecule has 0 saturated carbocycles. The molecule has 3 aromatic rings. The number of ether oxygens (including phenoxy) is 1. The third kappa shape index (κ3) is 6.17. The number of benzene rings is 2. The highest BCUT2D eigenvalue weighted by Gasteiger charge is 2.08. The first-order chi connectivity index (χ1) is 14.2. The predicted molar refractivity (Wildman–Crippen MR) is 114 cm³/mol. The summed E-state index contributed by atoms with van der Waals surface area (Å²) in [5, 5.41) is 3.38. The lowest BCUT2D eigenvalue weighted by atomic mass is 10.1. The minimum atomic E-state index is -0.459. The van der Waals surface area contributed by atoms with Crippen LogP contribution in [0.4, 0.5) is 11.7 Å². The van der Waals surface area contributed by atoms with Gasteiger partial charge in [-0.25, -0.2) is 4.79 Å². The van der Waals surface area contributed by atoms with Gasteiger partial charge in [0.05, 0.1) is 10.9 Å². The smallest absolute Gasteiger partial charge is 0.348 e. The van der Waals surface area contributed by atoms with Gasteiger partial charge in [-0.3, -0.25) is 4.79 Å². The fraction of sp³-hybridized carbons (Fsp3) is 0.348. The summed E-state index contributed by atoms with van der Waals surface area (Å²) in [4.78, 5) is 28.4. The van der Waals surface area contributed by atoms with E-state index in [9.17, 15) is 9.59 Å². The molecule has 2 aromatic carbocycles. The van der Waals surface area contributed by atoms with E-state index in [1.54, 1.807) is 42.5 Å². The van der Waals surface area contributed by atoms with Crippen LogP contribution in [0.15, 0.2) is 57.7 Å². The number of unbranched alkanes of at least 4 members (excludes halogenated alkanes) is 5. The summed E-state index contributed by atoms with van der Waals surface area (Å²) in [5.74, 6) is 0.196. The van der Waals surface area contributed by atoms with Crippen LogP contribution in [-0.4, -0.2) is 11.0 Å². The van der Waals surface area contributed by atoms with Crippen LogP contribution in [0.2, 0.25) is 0 Å². The average Bonchev–Trinajstić information content (AvgIpc) is 2.71. The van der Waals surface area contributed by atoms with Crippen molar-refractivity contribution in [3.8, 4) is 5.75 Å². The van der Waals surface area contributed by atoms with Crippen molar-refractivity contribution in [3.63, 3.8) is 0 Å². The molecule has 3 rings (SSSR count). The Morgan fingerprint density at radius 3 is 2.69 bits per heavy atom. The Balaban J connectivity index is 1.57. The molecule has 0 amide bonds. The fourth-order valence-corrected chi connectivity index (χ4v) is 3.07. The van der Waals surface area contributed by atoms with Gasteiger partial charge in [0, 0.05) is 18.2 Å². The van der Waals surface area contributed by atoms with Crippen molar-refractivity contribution in [1.82, 2.24) is 4.98 Å². The number of rotatable bonds is 10. The summed E-state index contributed by atoms with van der Waals surface area (Å²) in [6, 6.07) is 14.0. The van der Waals surface area contributed by atoms with Crippen LogP contribution in [0.3, 0.4) is 0 Å². The number of anilines is 2. The molecule has 0 spiro atoms. The zero-order valence-electron chi connectivity index (χ0n) is 16.6. The first kappa shape index (κ1) is 20.6. The number of nitrogens with one attached hydrogen (secondary N) is 1. The Morgan fingerprint density at radius 1 is 1.03 bits per heavy atom. The van der Waals surface area contributed by atoms with Crippen molar-refractivity contribution < 1.29 is 13.9 Å². The van der Waals surface area contributed by atoms with Crippen molar-refractivity contribution in [1.29, 1.82) is 0 Å². The Bertz CT molecular complexity index is 1010. The van der Waals surface area contributed by atoms with Crippen LogP contribution in [0.1, 0.15) is 51.9 Å². The molecule has 1 N–H and O–H groups in total. The minimum Gasteiger partial charge on any atom is -0.426 e. The van der Waals surface area contributed by atoms with Crippen LogP contribution in [0.25, 0.3) is 10.9 Å². The van der Waals surface area contributed by atoms with Gasteiger partial charge in [-0.2, -0.15) is 4.98 Å². The molecule has 0 fully saturated rings. The first-order valence-electron chi connectivity index (χ1n) is 10.1. The third-order valence-corrected chi connectivity index (χ3v) is 4.59. The summed E-state index contributed by atoms with van der Waals surface area (Å²) in [7, 11) is 0. The molecule has 152 valence electrons. The largest absolute Gasteiger partial charge is 0.426 e. The number of hydrogen-bond donors (Lipinski definition) is 1. The molecule has 1 heterocycles. The molecular formula is C23H26N2O4. The van der Waals surface area contributed by atoms with Gasteiger partial charge >= 0.3 is 17.6 Å². The van der Waals surface area contributed by atoms with Crippen molar-refractivity contribution in [3.05, 3.63) is 59.0 Å². The summed E-state index contributed by atoms with van der Waals surface area (Å²) >= 11 is 0. The molecule has 0 radical (unpaired) electrons. The van der Waals surface area contributed by atoms with Crippen LogP contribution in [0.5, 0.6) is 5.75 Å².